The molecule has 0 spiro atoms. The highest BCUT2D eigenvalue weighted by molar-refractivity contribution is 5.55. The van der Waals surface area contributed by atoms with Crippen molar-refractivity contribution in [2.24, 2.45) is 0 Å². The zero-order chi connectivity index (χ0) is 10.0. The molecule has 2 nitrogen and oxygen atoms in total. The molecule has 2 rings (SSSR count). The van der Waals surface area contributed by atoms with Crippen LogP contribution >= 0.6 is 0 Å². The number of methoxy groups -OCH3 is 1. The lowest BCUT2D eigenvalue weighted by atomic mass is 9.91. The fraction of sp³-hybridized carbons (Fsp3) is 0.333. The monoisotopic (exact) mass is 190 g/mol. The Morgan fingerprint density at radius 3 is 2.57 bits per heavy atom. The first kappa shape index (κ1) is 9.44. The van der Waals surface area contributed by atoms with Crippen LogP contribution in [0.25, 0.3) is 0 Å². The molecule has 0 saturated heterocycles. The summed E-state index contributed by atoms with van der Waals surface area (Å²) in [6.45, 7) is 0.741. The van der Waals surface area contributed by atoms with Gasteiger partial charge in [0.2, 0.25) is 0 Å². The van der Waals surface area contributed by atoms with Crippen molar-refractivity contribution in [1.29, 1.82) is 0 Å². The van der Waals surface area contributed by atoms with Crippen molar-refractivity contribution in [3.05, 3.63) is 47.5 Å². The van der Waals surface area contributed by atoms with E-state index in [0.717, 1.165) is 5.56 Å². The van der Waals surface area contributed by atoms with Gasteiger partial charge in [-0.05, 0) is 11.1 Å². The zero-order valence-electron chi connectivity index (χ0n) is 8.23. The Balaban J connectivity index is 2.18. The average molecular weight is 190 g/mol. The van der Waals surface area contributed by atoms with Crippen LogP contribution < -0.4 is 0 Å². The van der Waals surface area contributed by atoms with Gasteiger partial charge in [0.15, 0.2) is 0 Å². The lowest BCUT2D eigenvalue weighted by Gasteiger charge is -2.15. The van der Waals surface area contributed by atoms with E-state index in [-0.39, 0.29) is 12.0 Å². The smallest absolute Gasteiger partial charge is 0.0686 e. The largest absolute Gasteiger partial charge is 0.395 e. The van der Waals surface area contributed by atoms with Crippen molar-refractivity contribution < 1.29 is 9.84 Å². The van der Waals surface area contributed by atoms with Crippen molar-refractivity contribution in [1.82, 2.24) is 0 Å². The highest BCUT2D eigenvalue weighted by Crippen LogP contribution is 2.46. The Labute approximate surface area is 83.8 Å². The second-order valence-electron chi connectivity index (χ2n) is 3.60. The van der Waals surface area contributed by atoms with Crippen molar-refractivity contribution in [2.75, 3.05) is 20.3 Å². The number of aliphatic hydroxyl groups excluding tert-OH is 1. The molecule has 1 aromatic rings. The lowest BCUT2D eigenvalue weighted by molar-refractivity contribution is 0.211. The van der Waals surface area contributed by atoms with Gasteiger partial charge in [0.05, 0.1) is 18.6 Å². The van der Waals surface area contributed by atoms with Crippen LogP contribution in [0.3, 0.4) is 0 Å². The first-order chi connectivity index (χ1) is 6.83. The van der Waals surface area contributed by atoms with Crippen LogP contribution in [-0.2, 0) is 10.2 Å². The van der Waals surface area contributed by atoms with E-state index in [0.29, 0.717) is 6.61 Å². The van der Waals surface area contributed by atoms with Crippen molar-refractivity contribution in [3.8, 4) is 0 Å². The van der Waals surface area contributed by atoms with Crippen LogP contribution in [0, 0.1) is 0 Å². The average Bonchev–Trinajstić information content (AvgIpc) is 2.95. The molecular weight excluding hydrogens is 176 g/mol. The minimum Gasteiger partial charge on any atom is -0.395 e. The molecule has 2 heteroatoms. The molecule has 0 aliphatic heterocycles. The Hall–Kier alpha value is -1.12. The van der Waals surface area contributed by atoms with Crippen molar-refractivity contribution in [2.45, 2.75) is 5.41 Å². The Morgan fingerprint density at radius 2 is 2.00 bits per heavy atom. The summed E-state index contributed by atoms with van der Waals surface area (Å²) < 4.78 is 5.06. The summed E-state index contributed by atoms with van der Waals surface area (Å²) in [5.41, 5.74) is 2.10. The fourth-order valence-corrected chi connectivity index (χ4v) is 1.83. The van der Waals surface area contributed by atoms with Crippen molar-refractivity contribution >= 4 is 0 Å². The second-order valence-corrected chi connectivity index (χ2v) is 3.60. The van der Waals surface area contributed by atoms with Crippen LogP contribution in [0.15, 0.2) is 42.0 Å². The van der Waals surface area contributed by atoms with E-state index in [1.54, 1.807) is 7.11 Å². The van der Waals surface area contributed by atoms with E-state index in [2.05, 4.69) is 6.08 Å². The number of aliphatic hydroxyl groups is 1. The maximum Gasteiger partial charge on any atom is 0.0686 e. The summed E-state index contributed by atoms with van der Waals surface area (Å²) in [6, 6.07) is 10.0. The minimum atomic E-state index is -0.225. The van der Waals surface area contributed by atoms with E-state index in [9.17, 15) is 5.11 Å². The molecule has 14 heavy (non-hydrogen) atoms. The molecular formula is C12H14O2. The lowest BCUT2D eigenvalue weighted by Crippen LogP contribution is -2.18. The van der Waals surface area contributed by atoms with Gasteiger partial charge in [-0.15, -0.1) is 0 Å². The molecule has 0 saturated carbocycles. The molecule has 0 heterocycles. The molecule has 1 aliphatic carbocycles. The molecule has 1 N–H and O–H groups in total. The standard InChI is InChI=1S/C12H14O2/c1-14-8-11-7-12(11,9-13)10-5-3-2-4-6-10/h2-7,13H,8-9H2,1H3/t12-/m0/s1. The maximum atomic E-state index is 9.40. The molecule has 1 aromatic carbocycles. The van der Waals surface area contributed by atoms with Crippen LogP contribution in [-0.4, -0.2) is 25.4 Å². The van der Waals surface area contributed by atoms with E-state index >= 15 is 0 Å². The first-order valence-electron chi connectivity index (χ1n) is 4.71. The summed E-state index contributed by atoms with van der Waals surface area (Å²) in [6.07, 6.45) is 2.08. The number of hydrogen-bond acceptors (Lipinski definition) is 2. The number of ether oxygens (including phenoxy) is 1. The van der Waals surface area contributed by atoms with E-state index < -0.39 is 0 Å². The van der Waals surface area contributed by atoms with E-state index in [1.807, 2.05) is 30.3 Å². The Morgan fingerprint density at radius 1 is 1.29 bits per heavy atom. The van der Waals surface area contributed by atoms with Crippen molar-refractivity contribution in [3.63, 3.8) is 0 Å². The van der Waals surface area contributed by atoms with Crippen LogP contribution in [0.5, 0.6) is 0 Å². The van der Waals surface area contributed by atoms with Crippen LogP contribution in [0.2, 0.25) is 0 Å². The van der Waals surface area contributed by atoms with Gasteiger partial charge in [0, 0.05) is 7.11 Å². The van der Waals surface area contributed by atoms with E-state index in [4.69, 9.17) is 4.74 Å². The predicted molar refractivity (Wildman–Crippen MR) is 55.2 cm³/mol. The third-order valence-electron chi connectivity index (χ3n) is 2.75. The number of benzene rings is 1. The molecule has 1 atom stereocenters. The Kier molecular flexibility index (Phi) is 2.40. The van der Waals surface area contributed by atoms with Gasteiger partial charge in [0.1, 0.15) is 0 Å². The molecule has 74 valence electrons. The maximum absolute atomic E-state index is 9.40. The topological polar surface area (TPSA) is 29.5 Å². The zero-order valence-corrected chi connectivity index (χ0v) is 8.23. The molecule has 0 bridgehead atoms. The summed E-state index contributed by atoms with van der Waals surface area (Å²) in [7, 11) is 1.67. The number of hydrogen-bond donors (Lipinski definition) is 1. The third kappa shape index (κ3) is 1.37. The van der Waals surface area contributed by atoms with Gasteiger partial charge in [-0.1, -0.05) is 36.4 Å². The molecule has 0 amide bonds. The third-order valence-corrected chi connectivity index (χ3v) is 2.75. The summed E-state index contributed by atoms with van der Waals surface area (Å²) in [5, 5.41) is 9.40. The highest BCUT2D eigenvalue weighted by atomic mass is 16.5. The highest BCUT2D eigenvalue weighted by Gasteiger charge is 2.44. The van der Waals surface area contributed by atoms with Crippen LogP contribution in [0.1, 0.15) is 5.56 Å². The molecule has 0 aromatic heterocycles. The fourth-order valence-electron chi connectivity index (χ4n) is 1.83. The van der Waals surface area contributed by atoms with Gasteiger partial charge in [-0.3, -0.25) is 0 Å². The van der Waals surface area contributed by atoms with Crippen LogP contribution in [0.4, 0.5) is 0 Å². The van der Waals surface area contributed by atoms with Gasteiger partial charge < -0.3 is 9.84 Å². The second kappa shape index (κ2) is 3.56. The molecule has 0 radical (unpaired) electrons. The number of rotatable bonds is 4. The molecule has 0 fully saturated rings. The van der Waals surface area contributed by atoms with Gasteiger partial charge in [-0.25, -0.2) is 0 Å². The normalized spacial score (nSPS) is 24.6. The first-order valence-corrected chi connectivity index (χ1v) is 4.71. The SMILES string of the molecule is COCC1=C[C@]1(CO)c1ccccc1. The van der Waals surface area contributed by atoms with Gasteiger partial charge in [0.25, 0.3) is 0 Å². The van der Waals surface area contributed by atoms with E-state index in [1.165, 1.54) is 5.57 Å². The molecule has 1 aliphatic rings. The summed E-state index contributed by atoms with van der Waals surface area (Å²) >= 11 is 0. The van der Waals surface area contributed by atoms with Gasteiger partial charge in [-0.2, -0.15) is 0 Å². The quantitative estimate of drug-likeness (QED) is 0.729. The van der Waals surface area contributed by atoms with Gasteiger partial charge >= 0.3 is 0 Å². The summed E-state index contributed by atoms with van der Waals surface area (Å²) in [4.78, 5) is 0. The minimum absolute atomic E-state index is 0.135. The predicted octanol–water partition coefficient (Wildman–Crippen LogP) is 1.50. The Bertz CT molecular complexity index is 343. The molecule has 0 unspecified atom stereocenters. The summed E-state index contributed by atoms with van der Waals surface area (Å²) in [5.74, 6) is 0.